The number of nitrogens with zero attached hydrogens (tertiary/aromatic N) is 1. The van der Waals surface area contributed by atoms with Gasteiger partial charge in [0.15, 0.2) is 11.5 Å². The zero-order valence-corrected chi connectivity index (χ0v) is 14.6. The fourth-order valence-corrected chi connectivity index (χ4v) is 2.65. The topological polar surface area (TPSA) is 78.8 Å². The largest absolute Gasteiger partial charge is 0.454 e. The van der Waals surface area contributed by atoms with E-state index >= 15 is 0 Å². The third-order valence-electron chi connectivity index (χ3n) is 4.07. The zero-order valence-electron chi connectivity index (χ0n) is 14.6. The van der Waals surface area contributed by atoms with Gasteiger partial charge in [0, 0.05) is 18.0 Å². The molecule has 1 aromatic heterocycles. The number of hydrogen-bond donors (Lipinski definition) is 1. The van der Waals surface area contributed by atoms with E-state index in [1.54, 1.807) is 30.3 Å². The van der Waals surface area contributed by atoms with E-state index in [9.17, 15) is 14.0 Å². The molecule has 0 bridgehead atoms. The standard InChI is InChI=1S/C20H15FN2O5/c21-14-5-3-13(4-6-14)11-28-23-9-1-2-16(20(23)25)19(24)22-15-7-8-17-18(10-15)27-12-26-17/h1-10H,11-12H2,(H,22,24). The molecule has 1 amide bonds. The van der Waals surface area contributed by atoms with Crippen molar-refractivity contribution in [3.63, 3.8) is 0 Å². The number of halogens is 1. The quantitative estimate of drug-likeness (QED) is 0.734. The first-order chi connectivity index (χ1) is 13.6. The van der Waals surface area contributed by atoms with Crippen molar-refractivity contribution in [1.29, 1.82) is 0 Å². The Morgan fingerprint density at radius 1 is 1.11 bits per heavy atom. The number of rotatable bonds is 5. The van der Waals surface area contributed by atoms with Crippen LogP contribution >= 0.6 is 0 Å². The molecular weight excluding hydrogens is 367 g/mol. The van der Waals surface area contributed by atoms with E-state index < -0.39 is 11.5 Å². The molecule has 142 valence electrons. The molecule has 3 aromatic rings. The van der Waals surface area contributed by atoms with Gasteiger partial charge in [-0.3, -0.25) is 9.59 Å². The lowest BCUT2D eigenvalue weighted by molar-refractivity contribution is 0.0863. The molecule has 2 aromatic carbocycles. The van der Waals surface area contributed by atoms with Crippen LogP contribution in [0.4, 0.5) is 10.1 Å². The number of hydrogen-bond acceptors (Lipinski definition) is 5. The third-order valence-corrected chi connectivity index (χ3v) is 4.07. The third kappa shape index (κ3) is 3.66. The maximum absolute atomic E-state index is 13.0. The summed E-state index contributed by atoms with van der Waals surface area (Å²) in [4.78, 5) is 30.5. The summed E-state index contributed by atoms with van der Waals surface area (Å²) in [7, 11) is 0. The Balaban J connectivity index is 1.48. The summed E-state index contributed by atoms with van der Waals surface area (Å²) in [5.41, 5.74) is 0.460. The first-order valence-electron chi connectivity index (χ1n) is 8.40. The van der Waals surface area contributed by atoms with E-state index in [1.165, 1.54) is 30.5 Å². The molecule has 0 radical (unpaired) electrons. The average Bonchev–Trinajstić information content (AvgIpc) is 3.16. The van der Waals surface area contributed by atoms with Crippen LogP contribution in [0, 0.1) is 5.82 Å². The predicted molar refractivity (Wildman–Crippen MR) is 97.9 cm³/mol. The summed E-state index contributed by atoms with van der Waals surface area (Å²) >= 11 is 0. The van der Waals surface area contributed by atoms with Crippen LogP contribution in [0.5, 0.6) is 11.5 Å². The summed E-state index contributed by atoms with van der Waals surface area (Å²) in [6.07, 6.45) is 1.41. The summed E-state index contributed by atoms with van der Waals surface area (Å²) in [6.45, 7) is 0.176. The van der Waals surface area contributed by atoms with Crippen molar-refractivity contribution in [3.8, 4) is 11.5 Å². The normalized spacial score (nSPS) is 11.9. The highest BCUT2D eigenvalue weighted by Gasteiger charge is 2.17. The van der Waals surface area contributed by atoms with E-state index in [0.29, 0.717) is 22.7 Å². The molecule has 7 nitrogen and oxygen atoms in total. The number of nitrogens with one attached hydrogen (secondary N) is 1. The maximum Gasteiger partial charge on any atom is 0.295 e. The smallest absolute Gasteiger partial charge is 0.295 e. The van der Waals surface area contributed by atoms with Gasteiger partial charge in [-0.1, -0.05) is 12.1 Å². The summed E-state index contributed by atoms with van der Waals surface area (Å²) in [6, 6.07) is 13.6. The molecule has 8 heteroatoms. The van der Waals surface area contributed by atoms with Crippen LogP contribution in [0.25, 0.3) is 0 Å². The number of aromatic nitrogens is 1. The number of fused-ring (bicyclic) bond motifs is 1. The van der Waals surface area contributed by atoms with Gasteiger partial charge in [0.2, 0.25) is 6.79 Å². The lowest BCUT2D eigenvalue weighted by atomic mass is 10.2. The Labute approximate surface area is 158 Å². The van der Waals surface area contributed by atoms with Crippen molar-refractivity contribution in [2.75, 3.05) is 12.1 Å². The predicted octanol–water partition coefficient (Wildman–Crippen LogP) is 2.60. The summed E-state index contributed by atoms with van der Waals surface area (Å²) < 4.78 is 24.4. The molecule has 0 unspecified atom stereocenters. The van der Waals surface area contributed by atoms with E-state index in [4.69, 9.17) is 14.3 Å². The molecule has 0 saturated heterocycles. The lowest BCUT2D eigenvalue weighted by Gasteiger charge is -2.10. The minimum absolute atomic E-state index is 0.0490. The van der Waals surface area contributed by atoms with Crippen LogP contribution in [0.15, 0.2) is 65.6 Å². The zero-order chi connectivity index (χ0) is 19.5. The molecule has 0 saturated carbocycles. The Hall–Kier alpha value is -3.81. The van der Waals surface area contributed by atoms with Crippen LogP contribution in [0.1, 0.15) is 15.9 Å². The Kier molecular flexibility index (Phi) is 4.67. The van der Waals surface area contributed by atoms with Crippen molar-refractivity contribution in [2.45, 2.75) is 6.61 Å². The molecular formula is C20H15FN2O5. The molecule has 1 N–H and O–H groups in total. The van der Waals surface area contributed by atoms with Crippen LogP contribution in [-0.4, -0.2) is 17.4 Å². The second kappa shape index (κ2) is 7.43. The monoisotopic (exact) mass is 382 g/mol. The van der Waals surface area contributed by atoms with Gasteiger partial charge >= 0.3 is 0 Å². The van der Waals surface area contributed by atoms with Gasteiger partial charge in [-0.25, -0.2) is 4.39 Å². The Morgan fingerprint density at radius 3 is 2.71 bits per heavy atom. The van der Waals surface area contributed by atoms with E-state index in [-0.39, 0.29) is 24.8 Å². The second-order valence-electron chi connectivity index (χ2n) is 5.97. The number of benzene rings is 2. The number of anilines is 1. The first-order valence-corrected chi connectivity index (χ1v) is 8.40. The van der Waals surface area contributed by atoms with Crippen molar-refractivity contribution < 1.29 is 23.5 Å². The van der Waals surface area contributed by atoms with Crippen LogP contribution in [0.3, 0.4) is 0 Å². The summed E-state index contributed by atoms with van der Waals surface area (Å²) in [5.74, 6) is 0.173. The van der Waals surface area contributed by atoms with Gasteiger partial charge in [0.25, 0.3) is 11.5 Å². The molecule has 1 aliphatic rings. The Bertz CT molecular complexity index is 1080. The van der Waals surface area contributed by atoms with Gasteiger partial charge < -0.3 is 19.6 Å². The number of carbonyl (C=O) groups excluding carboxylic acids is 1. The van der Waals surface area contributed by atoms with Crippen molar-refractivity contribution in [1.82, 2.24) is 4.73 Å². The second-order valence-corrected chi connectivity index (χ2v) is 5.97. The molecule has 0 spiro atoms. The molecule has 0 fully saturated rings. The maximum atomic E-state index is 13.0. The molecule has 1 aliphatic heterocycles. The number of ether oxygens (including phenoxy) is 2. The number of pyridine rings is 1. The van der Waals surface area contributed by atoms with E-state index in [0.717, 1.165) is 4.73 Å². The van der Waals surface area contributed by atoms with E-state index in [2.05, 4.69) is 5.32 Å². The summed E-state index contributed by atoms with van der Waals surface area (Å²) in [5, 5.41) is 2.65. The molecule has 4 rings (SSSR count). The lowest BCUT2D eigenvalue weighted by Crippen LogP contribution is -2.32. The molecule has 28 heavy (non-hydrogen) atoms. The van der Waals surface area contributed by atoms with Crippen LogP contribution in [-0.2, 0) is 6.61 Å². The number of carbonyl (C=O) groups is 1. The van der Waals surface area contributed by atoms with Gasteiger partial charge in [0.1, 0.15) is 18.0 Å². The van der Waals surface area contributed by atoms with Gasteiger partial charge in [0.05, 0.1) is 0 Å². The van der Waals surface area contributed by atoms with Crippen molar-refractivity contribution in [3.05, 3.63) is 88.1 Å². The molecule has 2 heterocycles. The van der Waals surface area contributed by atoms with Crippen molar-refractivity contribution in [2.24, 2.45) is 0 Å². The molecule has 0 aliphatic carbocycles. The van der Waals surface area contributed by atoms with Gasteiger partial charge in [-0.15, -0.1) is 0 Å². The number of amides is 1. The minimum Gasteiger partial charge on any atom is -0.454 e. The first kappa shape index (κ1) is 17.6. The Morgan fingerprint density at radius 2 is 1.89 bits per heavy atom. The minimum atomic E-state index is -0.608. The van der Waals surface area contributed by atoms with Gasteiger partial charge in [-0.05, 0) is 42.0 Å². The van der Waals surface area contributed by atoms with E-state index in [1.807, 2.05) is 0 Å². The highest BCUT2D eigenvalue weighted by molar-refractivity contribution is 6.04. The van der Waals surface area contributed by atoms with Gasteiger partial charge in [-0.2, -0.15) is 4.73 Å². The highest BCUT2D eigenvalue weighted by atomic mass is 19.1. The fourth-order valence-electron chi connectivity index (χ4n) is 2.65. The van der Waals surface area contributed by atoms with Crippen LogP contribution in [0.2, 0.25) is 0 Å². The van der Waals surface area contributed by atoms with Crippen molar-refractivity contribution >= 4 is 11.6 Å². The molecule has 0 atom stereocenters. The fraction of sp³-hybridized carbons (Fsp3) is 0.100. The van der Waals surface area contributed by atoms with Crippen LogP contribution < -0.4 is 25.2 Å². The SMILES string of the molecule is O=C(Nc1ccc2c(c1)OCO2)c1cccn(OCc2ccc(F)cc2)c1=O. The average molecular weight is 382 g/mol. The highest BCUT2D eigenvalue weighted by Crippen LogP contribution is 2.34.